The number of hydrogen-bond acceptors (Lipinski definition) is 3. The summed E-state index contributed by atoms with van der Waals surface area (Å²) >= 11 is 1.41. The predicted molar refractivity (Wildman–Crippen MR) is 92.7 cm³/mol. The number of nitrogens with two attached hydrogens (primary N) is 1. The highest BCUT2D eigenvalue weighted by molar-refractivity contribution is 8.00. The Morgan fingerprint density at radius 1 is 1.17 bits per heavy atom. The molecular formula is C18H21FN2OS. The standard InChI is InChI=1S/C18H21FN2OS/c1-13(20)11-12-21-18(22)17(14-5-3-2-4-6-14)23-16-9-7-15(19)8-10-16/h2-10,13,17H,11-12,20H2,1H3,(H,21,22). The minimum atomic E-state index is -0.380. The van der Waals surface area contributed by atoms with Crippen molar-refractivity contribution >= 4 is 17.7 Å². The highest BCUT2D eigenvalue weighted by Crippen LogP contribution is 2.35. The van der Waals surface area contributed by atoms with Gasteiger partial charge in [0.1, 0.15) is 11.1 Å². The summed E-state index contributed by atoms with van der Waals surface area (Å²) in [4.78, 5) is 13.4. The van der Waals surface area contributed by atoms with E-state index in [1.165, 1.54) is 23.9 Å². The van der Waals surface area contributed by atoms with E-state index in [4.69, 9.17) is 5.73 Å². The van der Waals surface area contributed by atoms with E-state index >= 15 is 0 Å². The third-order valence-electron chi connectivity index (χ3n) is 3.31. The Kier molecular flexibility index (Phi) is 6.62. The van der Waals surface area contributed by atoms with E-state index in [-0.39, 0.29) is 23.0 Å². The SMILES string of the molecule is CC(N)CCNC(=O)C(Sc1ccc(F)cc1)c1ccccc1. The molecule has 5 heteroatoms. The highest BCUT2D eigenvalue weighted by atomic mass is 32.2. The average molecular weight is 332 g/mol. The van der Waals surface area contributed by atoms with Gasteiger partial charge in [0.15, 0.2) is 0 Å². The Labute approximate surface area is 140 Å². The third kappa shape index (κ3) is 5.69. The van der Waals surface area contributed by atoms with Gasteiger partial charge in [-0.3, -0.25) is 4.79 Å². The van der Waals surface area contributed by atoms with Crippen molar-refractivity contribution in [2.75, 3.05) is 6.54 Å². The molecule has 0 bridgehead atoms. The van der Waals surface area contributed by atoms with E-state index < -0.39 is 0 Å². The minimum absolute atomic E-state index is 0.0511. The largest absolute Gasteiger partial charge is 0.355 e. The minimum Gasteiger partial charge on any atom is -0.355 e. The molecular weight excluding hydrogens is 311 g/mol. The first kappa shape index (κ1) is 17.5. The number of rotatable bonds is 7. The number of carbonyl (C=O) groups excluding carboxylic acids is 1. The molecule has 0 saturated carbocycles. The van der Waals surface area contributed by atoms with E-state index in [0.29, 0.717) is 6.54 Å². The maximum Gasteiger partial charge on any atom is 0.237 e. The molecule has 2 unspecified atom stereocenters. The van der Waals surface area contributed by atoms with Crippen LogP contribution in [0.4, 0.5) is 4.39 Å². The lowest BCUT2D eigenvalue weighted by Crippen LogP contribution is -2.31. The molecule has 0 saturated heterocycles. The van der Waals surface area contributed by atoms with Crippen molar-refractivity contribution < 1.29 is 9.18 Å². The van der Waals surface area contributed by atoms with E-state index in [9.17, 15) is 9.18 Å². The molecule has 0 aliphatic rings. The molecule has 0 spiro atoms. The van der Waals surface area contributed by atoms with Gasteiger partial charge in [-0.15, -0.1) is 11.8 Å². The van der Waals surface area contributed by atoms with Crippen molar-refractivity contribution in [2.24, 2.45) is 5.73 Å². The van der Waals surface area contributed by atoms with Gasteiger partial charge in [-0.2, -0.15) is 0 Å². The van der Waals surface area contributed by atoms with Crippen LogP contribution in [-0.2, 0) is 4.79 Å². The third-order valence-corrected chi connectivity index (χ3v) is 4.57. The zero-order valence-corrected chi connectivity index (χ0v) is 13.9. The van der Waals surface area contributed by atoms with Gasteiger partial charge in [-0.1, -0.05) is 30.3 Å². The Morgan fingerprint density at radius 3 is 2.43 bits per heavy atom. The van der Waals surface area contributed by atoms with Crippen molar-refractivity contribution in [3.63, 3.8) is 0 Å². The number of thioether (sulfide) groups is 1. The maximum absolute atomic E-state index is 13.0. The molecule has 0 heterocycles. The van der Waals surface area contributed by atoms with Crippen LogP contribution in [0.3, 0.4) is 0 Å². The average Bonchev–Trinajstić information content (AvgIpc) is 2.54. The van der Waals surface area contributed by atoms with Crippen LogP contribution < -0.4 is 11.1 Å². The zero-order chi connectivity index (χ0) is 16.7. The summed E-state index contributed by atoms with van der Waals surface area (Å²) in [6.07, 6.45) is 0.731. The monoisotopic (exact) mass is 332 g/mol. The lowest BCUT2D eigenvalue weighted by molar-refractivity contribution is -0.120. The molecule has 1 amide bonds. The molecule has 23 heavy (non-hydrogen) atoms. The van der Waals surface area contributed by atoms with Gasteiger partial charge in [0.05, 0.1) is 0 Å². The van der Waals surface area contributed by atoms with Gasteiger partial charge in [0.25, 0.3) is 0 Å². The Balaban J connectivity index is 2.11. The Hall–Kier alpha value is -1.85. The quantitative estimate of drug-likeness (QED) is 0.763. The van der Waals surface area contributed by atoms with E-state index in [2.05, 4.69) is 5.32 Å². The maximum atomic E-state index is 13.0. The molecule has 2 rings (SSSR count). The predicted octanol–water partition coefficient (Wildman–Crippen LogP) is 3.51. The van der Waals surface area contributed by atoms with Crippen LogP contribution in [0.1, 0.15) is 24.2 Å². The number of hydrogen-bond donors (Lipinski definition) is 2. The van der Waals surface area contributed by atoms with Crippen LogP contribution >= 0.6 is 11.8 Å². The number of nitrogens with one attached hydrogen (secondary N) is 1. The second kappa shape index (κ2) is 8.70. The van der Waals surface area contributed by atoms with E-state index in [1.54, 1.807) is 12.1 Å². The van der Waals surface area contributed by atoms with Crippen LogP contribution in [0.2, 0.25) is 0 Å². The fraction of sp³-hybridized carbons (Fsp3) is 0.278. The second-order valence-corrected chi connectivity index (χ2v) is 6.60. The van der Waals surface area contributed by atoms with Gasteiger partial charge >= 0.3 is 0 Å². The molecule has 0 aliphatic heterocycles. The number of amides is 1. The lowest BCUT2D eigenvalue weighted by Gasteiger charge is -2.17. The Morgan fingerprint density at radius 2 is 1.83 bits per heavy atom. The van der Waals surface area contributed by atoms with E-state index in [0.717, 1.165) is 16.9 Å². The normalized spacial score (nSPS) is 13.3. The van der Waals surface area contributed by atoms with Crippen LogP contribution in [0, 0.1) is 5.82 Å². The van der Waals surface area contributed by atoms with Crippen molar-refractivity contribution in [1.82, 2.24) is 5.32 Å². The molecule has 0 fully saturated rings. The van der Waals surface area contributed by atoms with Gasteiger partial charge < -0.3 is 11.1 Å². The fourth-order valence-corrected chi connectivity index (χ4v) is 3.11. The van der Waals surface area contributed by atoms with Crippen molar-refractivity contribution in [2.45, 2.75) is 29.5 Å². The fourth-order valence-electron chi connectivity index (χ4n) is 2.07. The topological polar surface area (TPSA) is 55.1 Å². The first-order valence-corrected chi connectivity index (χ1v) is 8.44. The molecule has 3 N–H and O–H groups in total. The van der Waals surface area contributed by atoms with E-state index in [1.807, 2.05) is 37.3 Å². The summed E-state index contributed by atoms with van der Waals surface area (Å²) in [5, 5.41) is 2.55. The number of benzene rings is 2. The molecule has 0 radical (unpaired) electrons. The van der Waals surface area contributed by atoms with Crippen molar-refractivity contribution in [3.05, 3.63) is 66.0 Å². The van der Waals surface area contributed by atoms with Crippen LogP contribution in [0.5, 0.6) is 0 Å². The Bertz CT molecular complexity index is 617. The van der Waals surface area contributed by atoms with Crippen molar-refractivity contribution in [1.29, 1.82) is 0 Å². The molecule has 122 valence electrons. The van der Waals surface area contributed by atoms with Gasteiger partial charge in [-0.25, -0.2) is 4.39 Å². The number of halogens is 1. The molecule has 0 aliphatic carbocycles. The first-order valence-electron chi connectivity index (χ1n) is 7.56. The lowest BCUT2D eigenvalue weighted by atomic mass is 10.1. The summed E-state index contributed by atoms with van der Waals surface area (Å²) in [6, 6.07) is 15.8. The van der Waals surface area contributed by atoms with Crippen LogP contribution in [0.15, 0.2) is 59.5 Å². The van der Waals surface area contributed by atoms with Gasteiger partial charge in [0.2, 0.25) is 5.91 Å². The molecule has 3 nitrogen and oxygen atoms in total. The zero-order valence-electron chi connectivity index (χ0n) is 13.0. The van der Waals surface area contributed by atoms with Crippen LogP contribution in [0.25, 0.3) is 0 Å². The molecule has 2 atom stereocenters. The molecule has 2 aromatic rings. The summed E-state index contributed by atoms with van der Waals surface area (Å²) in [7, 11) is 0. The first-order chi connectivity index (χ1) is 11.1. The highest BCUT2D eigenvalue weighted by Gasteiger charge is 2.21. The second-order valence-electron chi connectivity index (χ2n) is 5.42. The van der Waals surface area contributed by atoms with Gasteiger partial charge in [0, 0.05) is 17.5 Å². The van der Waals surface area contributed by atoms with Gasteiger partial charge in [-0.05, 0) is 43.2 Å². The molecule has 0 aromatic heterocycles. The smallest absolute Gasteiger partial charge is 0.237 e. The molecule has 2 aromatic carbocycles. The summed E-state index contributed by atoms with van der Waals surface area (Å²) in [5.74, 6) is -0.349. The van der Waals surface area contributed by atoms with Crippen molar-refractivity contribution in [3.8, 4) is 0 Å². The number of carbonyl (C=O) groups is 1. The summed E-state index contributed by atoms with van der Waals surface area (Å²) in [5.41, 5.74) is 6.63. The van der Waals surface area contributed by atoms with Crippen LogP contribution in [-0.4, -0.2) is 18.5 Å². The summed E-state index contributed by atoms with van der Waals surface area (Å²) in [6.45, 7) is 2.46. The summed E-state index contributed by atoms with van der Waals surface area (Å²) < 4.78 is 13.0.